The molecule has 0 bridgehead atoms. The number of para-hydroxylation sites is 1. The standard InChI is InChI=1S/C18H15FN4O/c19-14-8-4-5-9-15(14)22-18-20-11-10-16(23-18)17(24)21-12-13-6-2-1-3-7-13/h1-11H,12H2,(H,21,24)(H,20,22,23). The topological polar surface area (TPSA) is 66.9 Å². The van der Waals surface area contributed by atoms with Crippen molar-refractivity contribution in [3.05, 3.63) is 83.9 Å². The minimum Gasteiger partial charge on any atom is -0.347 e. The Hall–Kier alpha value is -3.28. The molecule has 1 heterocycles. The number of carbonyl (C=O) groups excluding carboxylic acids is 1. The van der Waals surface area contributed by atoms with E-state index in [9.17, 15) is 9.18 Å². The minimum absolute atomic E-state index is 0.160. The second kappa shape index (κ2) is 7.32. The first-order valence-electron chi connectivity index (χ1n) is 7.39. The summed E-state index contributed by atoms with van der Waals surface area (Å²) in [5.74, 6) is -0.578. The Morgan fingerprint density at radius 1 is 1.00 bits per heavy atom. The number of amides is 1. The summed E-state index contributed by atoms with van der Waals surface area (Å²) in [6.45, 7) is 0.403. The Morgan fingerprint density at radius 2 is 1.75 bits per heavy atom. The fourth-order valence-corrected chi connectivity index (χ4v) is 2.10. The molecule has 0 saturated carbocycles. The summed E-state index contributed by atoms with van der Waals surface area (Å²) in [5, 5.41) is 5.55. The van der Waals surface area contributed by atoms with Crippen LogP contribution in [-0.4, -0.2) is 15.9 Å². The molecule has 6 heteroatoms. The van der Waals surface area contributed by atoms with Gasteiger partial charge in [-0.3, -0.25) is 4.79 Å². The van der Waals surface area contributed by atoms with Gasteiger partial charge in [0.15, 0.2) is 0 Å². The van der Waals surface area contributed by atoms with Gasteiger partial charge in [0.1, 0.15) is 11.5 Å². The third-order valence-corrected chi connectivity index (χ3v) is 3.30. The van der Waals surface area contributed by atoms with E-state index in [-0.39, 0.29) is 23.2 Å². The van der Waals surface area contributed by atoms with Gasteiger partial charge in [0.05, 0.1) is 5.69 Å². The van der Waals surface area contributed by atoms with E-state index in [0.29, 0.717) is 6.54 Å². The molecule has 2 aromatic carbocycles. The molecular weight excluding hydrogens is 307 g/mol. The average molecular weight is 322 g/mol. The third kappa shape index (κ3) is 3.92. The van der Waals surface area contributed by atoms with E-state index in [2.05, 4.69) is 20.6 Å². The van der Waals surface area contributed by atoms with Crippen molar-refractivity contribution in [1.82, 2.24) is 15.3 Å². The molecule has 0 saturated heterocycles. The lowest BCUT2D eigenvalue weighted by molar-refractivity contribution is 0.0946. The van der Waals surface area contributed by atoms with Crippen LogP contribution in [0.15, 0.2) is 66.9 Å². The van der Waals surface area contributed by atoms with Crippen LogP contribution in [0.2, 0.25) is 0 Å². The molecule has 3 aromatic rings. The second-order valence-electron chi connectivity index (χ2n) is 5.04. The lowest BCUT2D eigenvalue weighted by atomic mass is 10.2. The first-order valence-corrected chi connectivity index (χ1v) is 7.39. The van der Waals surface area contributed by atoms with Crippen LogP contribution in [0.4, 0.5) is 16.0 Å². The van der Waals surface area contributed by atoms with Gasteiger partial charge in [-0.15, -0.1) is 0 Å². The number of hydrogen-bond acceptors (Lipinski definition) is 4. The Bertz CT molecular complexity index is 839. The highest BCUT2D eigenvalue weighted by molar-refractivity contribution is 5.92. The molecule has 0 atom stereocenters. The molecule has 3 rings (SSSR count). The number of aromatic nitrogens is 2. The molecule has 1 amide bonds. The first-order chi connectivity index (χ1) is 11.7. The van der Waals surface area contributed by atoms with E-state index in [1.165, 1.54) is 18.3 Å². The number of anilines is 2. The maximum absolute atomic E-state index is 13.6. The number of nitrogens with zero attached hydrogens (tertiary/aromatic N) is 2. The van der Waals surface area contributed by atoms with Crippen LogP contribution >= 0.6 is 0 Å². The number of benzene rings is 2. The maximum Gasteiger partial charge on any atom is 0.270 e. The van der Waals surface area contributed by atoms with Gasteiger partial charge in [-0.2, -0.15) is 0 Å². The molecule has 0 radical (unpaired) electrons. The fourth-order valence-electron chi connectivity index (χ4n) is 2.10. The van der Waals surface area contributed by atoms with Gasteiger partial charge < -0.3 is 10.6 Å². The molecule has 120 valence electrons. The van der Waals surface area contributed by atoms with Crippen LogP contribution < -0.4 is 10.6 Å². The molecule has 0 aliphatic carbocycles. The number of rotatable bonds is 5. The summed E-state index contributed by atoms with van der Waals surface area (Å²) >= 11 is 0. The van der Waals surface area contributed by atoms with Gasteiger partial charge in [0.2, 0.25) is 5.95 Å². The summed E-state index contributed by atoms with van der Waals surface area (Å²) in [6.07, 6.45) is 1.45. The van der Waals surface area contributed by atoms with Crippen molar-refractivity contribution >= 4 is 17.5 Å². The smallest absolute Gasteiger partial charge is 0.270 e. The molecule has 2 N–H and O–H groups in total. The molecule has 0 spiro atoms. The number of hydrogen-bond donors (Lipinski definition) is 2. The second-order valence-corrected chi connectivity index (χ2v) is 5.04. The lowest BCUT2D eigenvalue weighted by Crippen LogP contribution is -2.24. The van der Waals surface area contributed by atoms with Crippen molar-refractivity contribution in [1.29, 1.82) is 0 Å². The maximum atomic E-state index is 13.6. The predicted molar refractivity (Wildman–Crippen MR) is 89.3 cm³/mol. The van der Waals surface area contributed by atoms with Crippen LogP contribution in [0.3, 0.4) is 0 Å². The van der Waals surface area contributed by atoms with Gasteiger partial charge in [-0.25, -0.2) is 14.4 Å². The van der Waals surface area contributed by atoms with Gasteiger partial charge in [0.25, 0.3) is 5.91 Å². The summed E-state index contributed by atoms with van der Waals surface area (Å²) in [7, 11) is 0. The SMILES string of the molecule is O=C(NCc1ccccc1)c1ccnc(Nc2ccccc2F)n1. The largest absolute Gasteiger partial charge is 0.347 e. The third-order valence-electron chi connectivity index (χ3n) is 3.30. The summed E-state index contributed by atoms with van der Waals surface area (Å²) < 4.78 is 13.6. The average Bonchev–Trinajstić information content (AvgIpc) is 2.63. The zero-order valence-electron chi connectivity index (χ0n) is 12.7. The van der Waals surface area contributed by atoms with Gasteiger partial charge in [-0.1, -0.05) is 42.5 Å². The van der Waals surface area contributed by atoms with Crippen molar-refractivity contribution in [2.45, 2.75) is 6.54 Å². The first kappa shape index (κ1) is 15.6. The van der Waals surface area contributed by atoms with E-state index in [1.807, 2.05) is 30.3 Å². The zero-order valence-corrected chi connectivity index (χ0v) is 12.7. The normalized spacial score (nSPS) is 10.2. The van der Waals surface area contributed by atoms with Crippen LogP contribution in [0, 0.1) is 5.82 Å². The predicted octanol–water partition coefficient (Wildman–Crippen LogP) is 3.29. The van der Waals surface area contributed by atoms with Gasteiger partial charge in [-0.05, 0) is 23.8 Å². The summed E-state index contributed by atoms with van der Waals surface area (Å²) in [4.78, 5) is 20.3. The molecule has 0 aliphatic heterocycles. The highest BCUT2D eigenvalue weighted by Gasteiger charge is 2.09. The molecule has 0 aliphatic rings. The van der Waals surface area contributed by atoms with E-state index >= 15 is 0 Å². The molecular formula is C18H15FN4O. The fraction of sp³-hybridized carbons (Fsp3) is 0.0556. The van der Waals surface area contributed by atoms with E-state index in [4.69, 9.17) is 0 Å². The number of halogens is 1. The highest BCUT2D eigenvalue weighted by Crippen LogP contribution is 2.16. The van der Waals surface area contributed by atoms with Crippen LogP contribution in [-0.2, 0) is 6.54 Å². The molecule has 1 aromatic heterocycles. The monoisotopic (exact) mass is 322 g/mol. The van der Waals surface area contributed by atoms with Crippen LogP contribution in [0.5, 0.6) is 0 Å². The van der Waals surface area contributed by atoms with Gasteiger partial charge >= 0.3 is 0 Å². The Morgan fingerprint density at radius 3 is 2.54 bits per heavy atom. The Kier molecular flexibility index (Phi) is 4.76. The van der Waals surface area contributed by atoms with E-state index in [0.717, 1.165) is 5.56 Å². The molecule has 0 unspecified atom stereocenters. The van der Waals surface area contributed by atoms with Crippen molar-refractivity contribution in [3.63, 3.8) is 0 Å². The zero-order chi connectivity index (χ0) is 16.8. The Balaban J connectivity index is 1.68. The lowest BCUT2D eigenvalue weighted by Gasteiger charge is -2.08. The summed E-state index contributed by atoms with van der Waals surface area (Å²) in [5.41, 5.74) is 1.45. The van der Waals surface area contributed by atoms with E-state index < -0.39 is 5.82 Å². The summed E-state index contributed by atoms with van der Waals surface area (Å²) in [6, 6.07) is 17.3. The molecule has 5 nitrogen and oxygen atoms in total. The van der Waals surface area contributed by atoms with Crippen molar-refractivity contribution in [2.75, 3.05) is 5.32 Å². The van der Waals surface area contributed by atoms with Crippen LogP contribution in [0.1, 0.15) is 16.1 Å². The highest BCUT2D eigenvalue weighted by atomic mass is 19.1. The minimum atomic E-state index is -0.417. The van der Waals surface area contributed by atoms with Crippen molar-refractivity contribution in [3.8, 4) is 0 Å². The Labute approximate surface area is 138 Å². The van der Waals surface area contributed by atoms with Crippen LogP contribution in [0.25, 0.3) is 0 Å². The van der Waals surface area contributed by atoms with E-state index in [1.54, 1.807) is 18.2 Å². The van der Waals surface area contributed by atoms with Gasteiger partial charge in [0, 0.05) is 12.7 Å². The number of nitrogens with one attached hydrogen (secondary N) is 2. The van der Waals surface area contributed by atoms with Crippen molar-refractivity contribution in [2.24, 2.45) is 0 Å². The molecule has 0 fully saturated rings. The molecule has 24 heavy (non-hydrogen) atoms. The quantitative estimate of drug-likeness (QED) is 0.756. The van der Waals surface area contributed by atoms with Crippen molar-refractivity contribution < 1.29 is 9.18 Å². The number of carbonyl (C=O) groups is 1.